The van der Waals surface area contributed by atoms with Crippen molar-refractivity contribution in [1.29, 1.82) is 0 Å². The van der Waals surface area contributed by atoms with Crippen molar-refractivity contribution in [3.8, 4) is 0 Å². The predicted octanol–water partition coefficient (Wildman–Crippen LogP) is 3.28. The van der Waals surface area contributed by atoms with Gasteiger partial charge in [-0.05, 0) is 55.3 Å². The van der Waals surface area contributed by atoms with Crippen molar-refractivity contribution < 1.29 is 9.50 Å². The Morgan fingerprint density at radius 1 is 1.37 bits per heavy atom. The first-order chi connectivity index (χ1) is 9.24. The van der Waals surface area contributed by atoms with Gasteiger partial charge in [0.1, 0.15) is 5.82 Å². The summed E-state index contributed by atoms with van der Waals surface area (Å²) in [6, 6.07) is 7.04. The third kappa shape index (κ3) is 3.77. The van der Waals surface area contributed by atoms with Gasteiger partial charge in [-0.2, -0.15) is 0 Å². The van der Waals surface area contributed by atoms with Crippen LogP contribution in [-0.2, 0) is 0 Å². The van der Waals surface area contributed by atoms with E-state index in [0.717, 1.165) is 24.9 Å². The van der Waals surface area contributed by atoms with Gasteiger partial charge in [-0.1, -0.05) is 25.5 Å². The van der Waals surface area contributed by atoms with E-state index in [4.69, 9.17) is 0 Å². The number of aliphatic hydroxyl groups excluding tert-OH is 1. The van der Waals surface area contributed by atoms with Gasteiger partial charge in [-0.15, -0.1) is 0 Å². The molecule has 3 unspecified atom stereocenters. The van der Waals surface area contributed by atoms with Crippen molar-refractivity contribution >= 4 is 0 Å². The SMILES string of the molecule is CCC(NCC1CCCC1CO)c1cccc(F)c1. The second-order valence-corrected chi connectivity index (χ2v) is 5.56. The molecule has 3 heteroatoms. The quantitative estimate of drug-likeness (QED) is 0.827. The molecule has 1 aliphatic carbocycles. The summed E-state index contributed by atoms with van der Waals surface area (Å²) in [6.45, 7) is 3.32. The monoisotopic (exact) mass is 265 g/mol. The predicted molar refractivity (Wildman–Crippen MR) is 75.4 cm³/mol. The van der Waals surface area contributed by atoms with E-state index >= 15 is 0 Å². The number of halogens is 1. The van der Waals surface area contributed by atoms with E-state index < -0.39 is 0 Å². The molecule has 1 saturated carbocycles. The molecule has 2 N–H and O–H groups in total. The highest BCUT2D eigenvalue weighted by molar-refractivity contribution is 5.20. The molecular formula is C16H24FNO. The fourth-order valence-electron chi connectivity index (χ4n) is 3.14. The lowest BCUT2D eigenvalue weighted by molar-refractivity contribution is 0.190. The Morgan fingerprint density at radius 3 is 2.84 bits per heavy atom. The fraction of sp³-hybridized carbons (Fsp3) is 0.625. The van der Waals surface area contributed by atoms with Gasteiger partial charge in [0.05, 0.1) is 0 Å². The number of hydrogen-bond donors (Lipinski definition) is 2. The van der Waals surface area contributed by atoms with Gasteiger partial charge in [0.15, 0.2) is 0 Å². The van der Waals surface area contributed by atoms with Gasteiger partial charge in [-0.3, -0.25) is 0 Å². The molecule has 1 aromatic rings. The highest BCUT2D eigenvalue weighted by atomic mass is 19.1. The Labute approximate surface area is 115 Å². The molecule has 0 aromatic heterocycles. The normalized spacial score (nSPS) is 24.6. The van der Waals surface area contributed by atoms with Crippen LogP contribution >= 0.6 is 0 Å². The highest BCUT2D eigenvalue weighted by Gasteiger charge is 2.26. The summed E-state index contributed by atoms with van der Waals surface area (Å²) in [6.07, 6.45) is 4.49. The van der Waals surface area contributed by atoms with Crippen LogP contribution in [0.3, 0.4) is 0 Å². The molecule has 0 bridgehead atoms. The molecule has 3 atom stereocenters. The van der Waals surface area contributed by atoms with E-state index in [1.807, 2.05) is 6.07 Å². The van der Waals surface area contributed by atoms with E-state index in [1.54, 1.807) is 12.1 Å². The Balaban J connectivity index is 1.92. The molecule has 0 aliphatic heterocycles. The second-order valence-electron chi connectivity index (χ2n) is 5.56. The van der Waals surface area contributed by atoms with Crippen LogP contribution in [0.4, 0.5) is 4.39 Å². The Morgan fingerprint density at radius 2 is 2.16 bits per heavy atom. The first-order valence-corrected chi connectivity index (χ1v) is 7.34. The molecule has 0 amide bonds. The van der Waals surface area contributed by atoms with E-state index in [2.05, 4.69) is 12.2 Å². The molecule has 106 valence electrons. The maximum Gasteiger partial charge on any atom is 0.123 e. The Hall–Kier alpha value is -0.930. The van der Waals surface area contributed by atoms with Crippen LogP contribution in [0.15, 0.2) is 24.3 Å². The molecule has 1 fully saturated rings. The van der Waals surface area contributed by atoms with E-state index in [-0.39, 0.29) is 11.9 Å². The summed E-state index contributed by atoms with van der Waals surface area (Å²) >= 11 is 0. The summed E-state index contributed by atoms with van der Waals surface area (Å²) in [5.41, 5.74) is 1.01. The maximum absolute atomic E-state index is 13.3. The summed E-state index contributed by atoms with van der Waals surface area (Å²) < 4.78 is 13.3. The van der Waals surface area contributed by atoms with Gasteiger partial charge in [0.2, 0.25) is 0 Å². The second kappa shape index (κ2) is 7.01. The minimum atomic E-state index is -0.174. The number of benzene rings is 1. The largest absolute Gasteiger partial charge is 0.396 e. The molecule has 1 aromatic carbocycles. The molecule has 1 aliphatic rings. The van der Waals surface area contributed by atoms with E-state index in [9.17, 15) is 9.50 Å². The van der Waals surface area contributed by atoms with Gasteiger partial charge >= 0.3 is 0 Å². The minimum absolute atomic E-state index is 0.174. The van der Waals surface area contributed by atoms with Crippen LogP contribution in [-0.4, -0.2) is 18.3 Å². The van der Waals surface area contributed by atoms with Crippen molar-refractivity contribution in [3.05, 3.63) is 35.6 Å². The minimum Gasteiger partial charge on any atom is -0.396 e. The number of hydrogen-bond acceptors (Lipinski definition) is 2. The molecular weight excluding hydrogens is 241 g/mol. The van der Waals surface area contributed by atoms with Crippen LogP contribution in [0.2, 0.25) is 0 Å². The topological polar surface area (TPSA) is 32.3 Å². The number of rotatable bonds is 6. The molecule has 0 saturated heterocycles. The van der Waals surface area contributed by atoms with Gasteiger partial charge in [0.25, 0.3) is 0 Å². The fourth-order valence-corrected chi connectivity index (χ4v) is 3.14. The van der Waals surface area contributed by atoms with Gasteiger partial charge in [0, 0.05) is 12.6 Å². The molecule has 0 spiro atoms. The number of aliphatic hydroxyl groups is 1. The van der Waals surface area contributed by atoms with Crippen LogP contribution in [0.1, 0.15) is 44.2 Å². The summed E-state index contributed by atoms with van der Waals surface area (Å²) in [5.74, 6) is 0.831. The lowest BCUT2D eigenvalue weighted by atomic mass is 9.95. The summed E-state index contributed by atoms with van der Waals surface area (Å²) in [5, 5.41) is 12.9. The first-order valence-electron chi connectivity index (χ1n) is 7.34. The third-order valence-electron chi connectivity index (χ3n) is 4.34. The average Bonchev–Trinajstić information content (AvgIpc) is 2.87. The standard InChI is InChI=1S/C16H24FNO/c1-2-16(12-5-4-8-15(17)9-12)18-10-13-6-3-7-14(13)11-19/h4-5,8-9,13-14,16,18-19H,2-3,6-7,10-11H2,1H3. The molecule has 19 heavy (non-hydrogen) atoms. The molecule has 0 heterocycles. The van der Waals surface area contributed by atoms with Gasteiger partial charge in [-0.25, -0.2) is 4.39 Å². The number of nitrogens with one attached hydrogen (secondary N) is 1. The molecule has 2 nitrogen and oxygen atoms in total. The lowest BCUT2D eigenvalue weighted by Gasteiger charge is -2.23. The van der Waals surface area contributed by atoms with Crippen LogP contribution in [0, 0.1) is 17.7 Å². The van der Waals surface area contributed by atoms with Crippen molar-refractivity contribution in [2.45, 2.75) is 38.6 Å². The van der Waals surface area contributed by atoms with E-state index in [0.29, 0.717) is 18.4 Å². The Bertz CT molecular complexity index is 396. The van der Waals surface area contributed by atoms with Crippen molar-refractivity contribution in [3.63, 3.8) is 0 Å². The lowest BCUT2D eigenvalue weighted by Crippen LogP contribution is -2.30. The summed E-state index contributed by atoms with van der Waals surface area (Å²) in [4.78, 5) is 0. The smallest absolute Gasteiger partial charge is 0.123 e. The van der Waals surface area contributed by atoms with Crippen LogP contribution in [0.5, 0.6) is 0 Å². The van der Waals surface area contributed by atoms with Crippen molar-refractivity contribution in [1.82, 2.24) is 5.32 Å². The average molecular weight is 265 g/mol. The zero-order valence-corrected chi connectivity index (χ0v) is 11.6. The van der Waals surface area contributed by atoms with E-state index in [1.165, 1.54) is 18.9 Å². The van der Waals surface area contributed by atoms with Crippen molar-refractivity contribution in [2.24, 2.45) is 11.8 Å². The molecule has 2 rings (SSSR count). The zero-order chi connectivity index (χ0) is 13.7. The summed E-state index contributed by atoms with van der Waals surface area (Å²) in [7, 11) is 0. The highest BCUT2D eigenvalue weighted by Crippen LogP contribution is 2.31. The van der Waals surface area contributed by atoms with Crippen molar-refractivity contribution in [2.75, 3.05) is 13.2 Å². The van der Waals surface area contributed by atoms with Gasteiger partial charge < -0.3 is 10.4 Å². The third-order valence-corrected chi connectivity index (χ3v) is 4.34. The zero-order valence-electron chi connectivity index (χ0n) is 11.6. The first kappa shape index (κ1) is 14.5. The van der Waals surface area contributed by atoms with Crippen LogP contribution in [0.25, 0.3) is 0 Å². The van der Waals surface area contributed by atoms with Crippen LogP contribution < -0.4 is 5.32 Å². The Kier molecular flexibility index (Phi) is 5.34. The maximum atomic E-state index is 13.3. The molecule has 0 radical (unpaired) electrons.